The molecule has 7 nitrogen and oxygen atoms in total. The van der Waals surface area contributed by atoms with Gasteiger partial charge in [-0.15, -0.1) is 0 Å². The largest absolute Gasteiger partial charge is 0.383 e. The van der Waals surface area contributed by atoms with E-state index < -0.39 is 0 Å². The highest BCUT2D eigenvalue weighted by Gasteiger charge is 2.34. The molecule has 4 rings (SSSR count). The van der Waals surface area contributed by atoms with E-state index in [0.717, 1.165) is 31.5 Å². The highest BCUT2D eigenvalue weighted by atomic mass is 16.2. The van der Waals surface area contributed by atoms with Crippen molar-refractivity contribution in [1.82, 2.24) is 15.8 Å². The number of aliphatic imine (C=N–C) groups is 1. The predicted octanol–water partition coefficient (Wildman–Crippen LogP) is 2.34. The molecule has 7 heteroatoms. The SMILES string of the molecule is CN1N[C@@H]2CCC[C@@H]2N=C(N)/C(=C(\NCC2CCCC2)Nc2ccccc2)C1=O. The molecule has 0 spiro atoms. The van der Waals surface area contributed by atoms with Crippen molar-refractivity contribution in [2.24, 2.45) is 16.6 Å². The predicted molar refractivity (Wildman–Crippen MR) is 116 cm³/mol. The second kappa shape index (κ2) is 8.86. The first kappa shape index (κ1) is 19.8. The van der Waals surface area contributed by atoms with Gasteiger partial charge in [0, 0.05) is 25.3 Å². The molecule has 2 atom stereocenters. The second-order valence-corrected chi connectivity index (χ2v) is 8.38. The third-order valence-corrected chi connectivity index (χ3v) is 6.25. The van der Waals surface area contributed by atoms with Crippen LogP contribution in [0.1, 0.15) is 44.9 Å². The molecule has 0 saturated heterocycles. The summed E-state index contributed by atoms with van der Waals surface area (Å²) in [6.45, 7) is 0.822. The van der Waals surface area contributed by atoms with Crippen LogP contribution in [0.4, 0.5) is 5.69 Å². The maximum atomic E-state index is 13.3. The number of likely N-dealkylation sites (N-methyl/N-ethyl adjacent to an activating group) is 1. The summed E-state index contributed by atoms with van der Waals surface area (Å²) in [5, 5.41) is 8.47. The van der Waals surface area contributed by atoms with Crippen molar-refractivity contribution < 1.29 is 4.79 Å². The van der Waals surface area contributed by atoms with E-state index in [0.29, 0.717) is 23.1 Å². The van der Waals surface area contributed by atoms with E-state index in [2.05, 4.69) is 16.1 Å². The van der Waals surface area contributed by atoms with Gasteiger partial charge < -0.3 is 16.4 Å². The molecule has 156 valence electrons. The number of fused-ring (bicyclic) bond motifs is 1. The van der Waals surface area contributed by atoms with Gasteiger partial charge in [0.05, 0.1) is 6.04 Å². The number of nitrogens with two attached hydrogens (primary N) is 1. The lowest BCUT2D eigenvalue weighted by Gasteiger charge is -2.30. The van der Waals surface area contributed by atoms with Crippen molar-refractivity contribution >= 4 is 17.4 Å². The van der Waals surface area contributed by atoms with Gasteiger partial charge >= 0.3 is 0 Å². The van der Waals surface area contributed by atoms with Crippen LogP contribution in [0.25, 0.3) is 0 Å². The van der Waals surface area contributed by atoms with Crippen molar-refractivity contribution in [3.8, 4) is 0 Å². The first-order valence-electron chi connectivity index (χ1n) is 10.8. The van der Waals surface area contributed by atoms with Crippen molar-refractivity contribution in [1.29, 1.82) is 0 Å². The summed E-state index contributed by atoms with van der Waals surface area (Å²) in [6, 6.07) is 10.1. The van der Waals surface area contributed by atoms with Gasteiger partial charge in [-0.1, -0.05) is 31.0 Å². The molecule has 0 unspecified atom stereocenters. The minimum absolute atomic E-state index is 0.105. The Morgan fingerprint density at radius 1 is 1.17 bits per heavy atom. The van der Waals surface area contributed by atoms with E-state index in [1.165, 1.54) is 25.7 Å². The number of amides is 1. The number of para-hydroxylation sites is 1. The van der Waals surface area contributed by atoms with Gasteiger partial charge in [0.15, 0.2) is 0 Å². The minimum atomic E-state index is -0.172. The number of hydrogen-bond acceptors (Lipinski definition) is 6. The number of carbonyl (C=O) groups is 1. The molecule has 29 heavy (non-hydrogen) atoms. The average molecular weight is 397 g/mol. The number of carbonyl (C=O) groups excluding carboxylic acids is 1. The highest BCUT2D eigenvalue weighted by molar-refractivity contribution is 6.21. The lowest BCUT2D eigenvalue weighted by molar-refractivity contribution is -0.129. The Hall–Kier alpha value is -2.54. The minimum Gasteiger partial charge on any atom is -0.383 e. The van der Waals surface area contributed by atoms with E-state index >= 15 is 0 Å². The monoisotopic (exact) mass is 396 g/mol. The summed E-state index contributed by atoms with van der Waals surface area (Å²) in [5.74, 6) is 1.41. The molecular formula is C22H32N6O. The van der Waals surface area contributed by atoms with E-state index in [-0.39, 0.29) is 18.0 Å². The van der Waals surface area contributed by atoms with E-state index in [1.54, 1.807) is 12.1 Å². The zero-order valence-corrected chi connectivity index (χ0v) is 17.2. The fraction of sp³-hybridized carbons (Fsp3) is 0.545. The maximum absolute atomic E-state index is 13.3. The normalized spacial score (nSPS) is 27.1. The summed E-state index contributed by atoms with van der Waals surface area (Å²) in [7, 11) is 1.77. The average Bonchev–Trinajstić information content (AvgIpc) is 3.38. The molecule has 5 N–H and O–H groups in total. The van der Waals surface area contributed by atoms with Crippen LogP contribution < -0.4 is 21.8 Å². The molecule has 2 aliphatic carbocycles. The van der Waals surface area contributed by atoms with Crippen molar-refractivity contribution in [3.05, 3.63) is 41.7 Å². The molecular weight excluding hydrogens is 364 g/mol. The number of rotatable bonds is 5. The summed E-state index contributed by atoms with van der Waals surface area (Å²) < 4.78 is 0. The van der Waals surface area contributed by atoms with Crippen LogP contribution in [0.5, 0.6) is 0 Å². The Labute approximate surface area is 172 Å². The van der Waals surface area contributed by atoms with Crippen LogP contribution in [-0.4, -0.2) is 42.4 Å². The zero-order chi connectivity index (χ0) is 20.2. The van der Waals surface area contributed by atoms with Crippen LogP contribution in [0.15, 0.2) is 46.7 Å². The summed E-state index contributed by atoms with van der Waals surface area (Å²) in [5.41, 5.74) is 11.1. The Morgan fingerprint density at radius 3 is 2.69 bits per heavy atom. The maximum Gasteiger partial charge on any atom is 0.275 e. The molecule has 0 aromatic heterocycles. The van der Waals surface area contributed by atoms with Gasteiger partial charge in [0.1, 0.15) is 17.2 Å². The quantitative estimate of drug-likeness (QED) is 0.573. The topological polar surface area (TPSA) is 94.8 Å². The molecule has 1 aromatic carbocycles. The number of amidine groups is 1. The molecule has 3 aliphatic rings. The molecule has 2 saturated carbocycles. The molecule has 0 bridgehead atoms. The van der Waals surface area contributed by atoms with Gasteiger partial charge in [-0.3, -0.25) is 14.8 Å². The molecule has 1 heterocycles. The first-order valence-corrected chi connectivity index (χ1v) is 10.8. The van der Waals surface area contributed by atoms with Crippen molar-refractivity contribution in [3.63, 3.8) is 0 Å². The zero-order valence-electron chi connectivity index (χ0n) is 17.2. The van der Waals surface area contributed by atoms with Crippen LogP contribution in [0.2, 0.25) is 0 Å². The van der Waals surface area contributed by atoms with Crippen molar-refractivity contribution in [2.45, 2.75) is 57.0 Å². The number of hydrogen-bond donors (Lipinski definition) is 4. The Balaban J connectivity index is 1.69. The highest BCUT2D eigenvalue weighted by Crippen LogP contribution is 2.26. The number of nitrogens with zero attached hydrogens (tertiary/aromatic N) is 2. The second-order valence-electron chi connectivity index (χ2n) is 8.38. The van der Waals surface area contributed by atoms with Gasteiger partial charge in [0.2, 0.25) is 0 Å². The number of hydrazine groups is 1. The summed E-state index contributed by atoms with van der Waals surface area (Å²) in [4.78, 5) is 18.0. The fourth-order valence-electron chi connectivity index (χ4n) is 4.63. The first-order chi connectivity index (χ1) is 14.1. The van der Waals surface area contributed by atoms with Gasteiger partial charge in [-0.05, 0) is 50.2 Å². The van der Waals surface area contributed by atoms with Crippen LogP contribution in [0.3, 0.4) is 0 Å². The lowest BCUT2D eigenvalue weighted by Crippen LogP contribution is -2.53. The van der Waals surface area contributed by atoms with Crippen LogP contribution in [0, 0.1) is 5.92 Å². The third kappa shape index (κ3) is 4.56. The van der Waals surface area contributed by atoms with E-state index in [4.69, 9.17) is 10.7 Å². The standard InChI is InChI=1S/C22H32N6O/c1-28-22(29)19(20(23)26-17-12-7-13-18(17)27-28)21(24-14-15-8-5-6-9-15)25-16-10-3-2-4-11-16/h2-4,10-11,15,17-18,24-25,27H,5-9,12-14H2,1H3,(H2,23,26)/b21-19-/t17-,18+/m0/s1. The number of nitrogens with one attached hydrogen (secondary N) is 3. The number of anilines is 1. The Bertz CT molecular complexity index is 784. The summed E-state index contributed by atoms with van der Waals surface area (Å²) in [6.07, 6.45) is 8.10. The molecule has 0 radical (unpaired) electrons. The summed E-state index contributed by atoms with van der Waals surface area (Å²) >= 11 is 0. The lowest BCUT2D eigenvalue weighted by atomic mass is 10.1. The van der Waals surface area contributed by atoms with E-state index in [1.807, 2.05) is 30.3 Å². The van der Waals surface area contributed by atoms with Gasteiger partial charge in [-0.25, -0.2) is 5.43 Å². The third-order valence-electron chi connectivity index (χ3n) is 6.25. The van der Waals surface area contributed by atoms with Crippen LogP contribution in [-0.2, 0) is 4.79 Å². The molecule has 1 amide bonds. The molecule has 2 fully saturated rings. The molecule has 1 aromatic rings. The van der Waals surface area contributed by atoms with E-state index in [9.17, 15) is 4.79 Å². The Morgan fingerprint density at radius 2 is 1.93 bits per heavy atom. The number of benzene rings is 1. The van der Waals surface area contributed by atoms with Gasteiger partial charge in [0.25, 0.3) is 5.91 Å². The van der Waals surface area contributed by atoms with Crippen molar-refractivity contribution in [2.75, 3.05) is 18.9 Å². The smallest absolute Gasteiger partial charge is 0.275 e. The Kier molecular flexibility index (Phi) is 6.04. The molecule has 1 aliphatic heterocycles. The fourth-order valence-corrected chi connectivity index (χ4v) is 4.63. The van der Waals surface area contributed by atoms with Crippen LogP contribution >= 0.6 is 0 Å². The van der Waals surface area contributed by atoms with Gasteiger partial charge in [-0.2, -0.15) is 0 Å².